The van der Waals surface area contributed by atoms with Crippen molar-refractivity contribution < 1.29 is 19.4 Å². The van der Waals surface area contributed by atoms with E-state index in [1.807, 2.05) is 48.5 Å². The maximum atomic E-state index is 11.2. The zero-order valence-corrected chi connectivity index (χ0v) is 17.0. The third-order valence-electron chi connectivity index (χ3n) is 4.25. The third kappa shape index (κ3) is 5.10. The average Bonchev–Trinajstić information content (AvgIpc) is 2.72. The summed E-state index contributed by atoms with van der Waals surface area (Å²) in [5, 5.41) is 9.17. The van der Waals surface area contributed by atoms with Crippen LogP contribution in [-0.4, -0.2) is 23.2 Å². The number of benzene rings is 2. The minimum Gasteiger partial charge on any atom is -0.489 e. The first kappa shape index (κ1) is 19.9. The smallest absolute Gasteiger partial charge is 0.341 e. The predicted molar refractivity (Wildman–Crippen MR) is 110 cm³/mol. The fraction of sp³-hybridized carbons (Fsp3) is 0.182. The van der Waals surface area contributed by atoms with Crippen LogP contribution < -0.4 is 9.47 Å². The number of rotatable bonds is 8. The quantitative estimate of drug-likeness (QED) is 0.537. The number of hydrogen-bond donors (Lipinski definition) is 1. The number of pyridine rings is 1. The minimum atomic E-state index is -1.06. The molecule has 3 aromatic rings. The van der Waals surface area contributed by atoms with Gasteiger partial charge in [0.1, 0.15) is 17.9 Å². The SMILES string of the molecule is COc1nc(CCc2cc(Br)ccc2OCc2ccccc2)ccc1C(=O)O. The van der Waals surface area contributed by atoms with Crippen LogP contribution >= 0.6 is 15.9 Å². The second-order valence-corrected chi connectivity index (χ2v) is 7.11. The number of ether oxygens (including phenoxy) is 2. The first-order chi connectivity index (χ1) is 13.6. The third-order valence-corrected chi connectivity index (χ3v) is 4.75. The monoisotopic (exact) mass is 441 g/mol. The first-order valence-corrected chi connectivity index (χ1v) is 9.58. The Hall–Kier alpha value is -2.86. The average molecular weight is 442 g/mol. The van der Waals surface area contributed by atoms with Gasteiger partial charge in [-0.15, -0.1) is 0 Å². The van der Waals surface area contributed by atoms with E-state index in [4.69, 9.17) is 9.47 Å². The summed E-state index contributed by atoms with van der Waals surface area (Å²) in [6.45, 7) is 0.495. The number of aryl methyl sites for hydroxylation is 2. The van der Waals surface area contributed by atoms with E-state index >= 15 is 0 Å². The molecule has 0 atom stereocenters. The molecular formula is C22H20BrNO4. The van der Waals surface area contributed by atoms with Gasteiger partial charge in [-0.05, 0) is 54.3 Å². The number of aromatic nitrogens is 1. The van der Waals surface area contributed by atoms with Crippen molar-refractivity contribution in [2.75, 3.05) is 7.11 Å². The van der Waals surface area contributed by atoms with Gasteiger partial charge in [-0.3, -0.25) is 0 Å². The van der Waals surface area contributed by atoms with Crippen molar-refractivity contribution in [1.29, 1.82) is 0 Å². The molecular weight excluding hydrogens is 422 g/mol. The van der Waals surface area contributed by atoms with Gasteiger partial charge >= 0.3 is 5.97 Å². The Morgan fingerprint density at radius 1 is 1.07 bits per heavy atom. The van der Waals surface area contributed by atoms with Crippen LogP contribution in [0.3, 0.4) is 0 Å². The van der Waals surface area contributed by atoms with E-state index in [1.54, 1.807) is 6.07 Å². The van der Waals surface area contributed by atoms with Gasteiger partial charge in [-0.2, -0.15) is 0 Å². The molecule has 0 amide bonds. The van der Waals surface area contributed by atoms with Crippen LogP contribution in [0.2, 0.25) is 0 Å². The van der Waals surface area contributed by atoms with Crippen molar-refractivity contribution in [2.24, 2.45) is 0 Å². The molecule has 1 N–H and O–H groups in total. The summed E-state index contributed by atoms with van der Waals surface area (Å²) in [7, 11) is 1.42. The van der Waals surface area contributed by atoms with Crippen LogP contribution in [0, 0.1) is 0 Å². The molecule has 0 fully saturated rings. The van der Waals surface area contributed by atoms with Gasteiger partial charge in [0.2, 0.25) is 5.88 Å². The second-order valence-electron chi connectivity index (χ2n) is 6.19. The molecule has 2 aromatic carbocycles. The molecule has 0 saturated heterocycles. The van der Waals surface area contributed by atoms with Crippen LogP contribution in [0.1, 0.15) is 27.2 Å². The highest BCUT2D eigenvalue weighted by Gasteiger charge is 2.13. The lowest BCUT2D eigenvalue weighted by atomic mass is 10.1. The summed E-state index contributed by atoms with van der Waals surface area (Å²) in [5.41, 5.74) is 2.97. The lowest BCUT2D eigenvalue weighted by molar-refractivity contribution is 0.0692. The topological polar surface area (TPSA) is 68.7 Å². The molecule has 1 aromatic heterocycles. The molecule has 1 heterocycles. The predicted octanol–water partition coefficient (Wildman–Crippen LogP) is 4.92. The van der Waals surface area contributed by atoms with Crippen LogP contribution in [0.15, 0.2) is 65.1 Å². The number of hydrogen-bond acceptors (Lipinski definition) is 4. The fourth-order valence-electron chi connectivity index (χ4n) is 2.82. The molecule has 28 heavy (non-hydrogen) atoms. The van der Waals surface area contributed by atoms with E-state index in [2.05, 4.69) is 20.9 Å². The lowest BCUT2D eigenvalue weighted by Crippen LogP contribution is -2.05. The van der Waals surface area contributed by atoms with Gasteiger partial charge in [0.15, 0.2) is 0 Å². The van der Waals surface area contributed by atoms with Gasteiger partial charge in [0.25, 0.3) is 0 Å². The summed E-state index contributed by atoms with van der Waals surface area (Å²) < 4.78 is 12.1. The highest BCUT2D eigenvalue weighted by Crippen LogP contribution is 2.26. The zero-order chi connectivity index (χ0) is 19.9. The molecule has 0 unspecified atom stereocenters. The molecule has 5 nitrogen and oxygen atoms in total. The molecule has 0 aliphatic carbocycles. The van der Waals surface area contributed by atoms with E-state index in [9.17, 15) is 9.90 Å². The zero-order valence-electron chi connectivity index (χ0n) is 15.4. The summed E-state index contributed by atoms with van der Waals surface area (Å²) >= 11 is 3.51. The number of halogens is 1. The Labute approximate surface area is 172 Å². The van der Waals surface area contributed by atoms with E-state index in [-0.39, 0.29) is 11.4 Å². The van der Waals surface area contributed by atoms with Crippen molar-refractivity contribution in [3.63, 3.8) is 0 Å². The maximum absolute atomic E-state index is 11.2. The van der Waals surface area contributed by atoms with Crippen molar-refractivity contribution in [3.8, 4) is 11.6 Å². The number of carboxylic acids is 1. The fourth-order valence-corrected chi connectivity index (χ4v) is 3.23. The molecule has 0 bridgehead atoms. The van der Waals surface area contributed by atoms with Gasteiger partial charge in [-0.1, -0.05) is 46.3 Å². The number of carbonyl (C=O) groups is 1. The second kappa shape index (κ2) is 9.37. The summed E-state index contributed by atoms with van der Waals surface area (Å²) in [6, 6.07) is 19.2. The van der Waals surface area contributed by atoms with Crippen molar-refractivity contribution in [3.05, 3.63) is 87.5 Å². The molecule has 3 rings (SSSR count). The maximum Gasteiger partial charge on any atom is 0.341 e. The molecule has 0 radical (unpaired) electrons. The number of methoxy groups -OCH3 is 1. The Balaban J connectivity index is 1.73. The van der Waals surface area contributed by atoms with Crippen molar-refractivity contribution in [1.82, 2.24) is 4.98 Å². The van der Waals surface area contributed by atoms with Crippen LogP contribution in [-0.2, 0) is 19.4 Å². The van der Waals surface area contributed by atoms with E-state index in [0.717, 1.165) is 27.0 Å². The molecule has 0 aliphatic rings. The van der Waals surface area contributed by atoms with Crippen molar-refractivity contribution >= 4 is 21.9 Å². The molecule has 0 aliphatic heterocycles. The molecule has 6 heteroatoms. The standard InChI is InChI=1S/C22H20BrNO4/c1-27-21-19(22(25)26)11-10-18(24-21)9-7-16-13-17(23)8-12-20(16)28-14-15-5-3-2-4-6-15/h2-6,8,10-13H,7,9,14H2,1H3,(H,25,26). The van der Waals surface area contributed by atoms with E-state index in [0.29, 0.717) is 19.4 Å². The Bertz CT molecular complexity index is 960. The van der Waals surface area contributed by atoms with E-state index < -0.39 is 5.97 Å². The number of nitrogens with zero attached hydrogens (tertiary/aromatic N) is 1. The van der Waals surface area contributed by atoms with Crippen molar-refractivity contribution in [2.45, 2.75) is 19.4 Å². The highest BCUT2D eigenvalue weighted by molar-refractivity contribution is 9.10. The van der Waals surface area contributed by atoms with Gasteiger partial charge < -0.3 is 14.6 Å². The summed E-state index contributed by atoms with van der Waals surface area (Å²) in [5.74, 6) is -0.111. The lowest BCUT2D eigenvalue weighted by Gasteiger charge is -2.13. The Morgan fingerprint density at radius 2 is 1.86 bits per heavy atom. The largest absolute Gasteiger partial charge is 0.489 e. The number of carboxylic acid groups (broad SMARTS) is 1. The van der Waals surface area contributed by atoms with E-state index in [1.165, 1.54) is 13.2 Å². The molecule has 144 valence electrons. The van der Waals surface area contributed by atoms with Crippen LogP contribution in [0.25, 0.3) is 0 Å². The van der Waals surface area contributed by atoms with Crippen LogP contribution in [0.4, 0.5) is 0 Å². The normalized spacial score (nSPS) is 10.5. The molecule has 0 saturated carbocycles. The Morgan fingerprint density at radius 3 is 2.57 bits per heavy atom. The number of aromatic carboxylic acids is 1. The minimum absolute atomic E-state index is 0.0561. The van der Waals surface area contributed by atoms with Gasteiger partial charge in [0.05, 0.1) is 7.11 Å². The summed E-state index contributed by atoms with van der Waals surface area (Å²) in [6.07, 6.45) is 1.33. The molecule has 0 spiro atoms. The van der Waals surface area contributed by atoms with Gasteiger partial charge in [-0.25, -0.2) is 9.78 Å². The Kier molecular flexibility index (Phi) is 6.66. The first-order valence-electron chi connectivity index (χ1n) is 8.79. The highest BCUT2D eigenvalue weighted by atomic mass is 79.9. The summed E-state index contributed by atoms with van der Waals surface area (Å²) in [4.78, 5) is 15.5. The van der Waals surface area contributed by atoms with Gasteiger partial charge in [0, 0.05) is 10.2 Å². The van der Waals surface area contributed by atoms with Crippen LogP contribution in [0.5, 0.6) is 11.6 Å².